The van der Waals surface area contributed by atoms with E-state index < -0.39 is 0 Å². The third-order valence-electron chi connectivity index (χ3n) is 3.61. The molecule has 0 aliphatic carbocycles. The molecule has 0 saturated heterocycles. The molecule has 0 fully saturated rings. The number of nitrogens with one attached hydrogen (secondary N) is 1. The first-order valence-electron chi connectivity index (χ1n) is 8.16. The van der Waals surface area contributed by atoms with Gasteiger partial charge in [0, 0.05) is 12.6 Å². The number of aromatic nitrogens is 2. The highest BCUT2D eigenvalue weighted by molar-refractivity contribution is 9.10. The van der Waals surface area contributed by atoms with Crippen molar-refractivity contribution in [3.8, 4) is 0 Å². The van der Waals surface area contributed by atoms with Crippen LogP contribution in [0.5, 0.6) is 0 Å². The van der Waals surface area contributed by atoms with Crippen molar-refractivity contribution >= 4 is 21.6 Å². The van der Waals surface area contributed by atoms with Crippen LogP contribution >= 0.6 is 15.9 Å². The van der Waals surface area contributed by atoms with Crippen LogP contribution in [0.25, 0.3) is 0 Å². The standard InChI is InChI=1S/C16H28BrN3O/c1-4-7-10-13(9-6-3)19-14-12-18-20(11-8-5-2)16(21)15(14)17/h12-13,19H,4-11H2,1-3H3. The van der Waals surface area contributed by atoms with Gasteiger partial charge in [-0.25, -0.2) is 4.68 Å². The van der Waals surface area contributed by atoms with Gasteiger partial charge in [0.1, 0.15) is 4.47 Å². The molecule has 1 atom stereocenters. The molecule has 1 aromatic rings. The summed E-state index contributed by atoms with van der Waals surface area (Å²) in [7, 11) is 0. The number of nitrogens with zero attached hydrogens (tertiary/aromatic N) is 2. The van der Waals surface area contributed by atoms with Gasteiger partial charge in [-0.1, -0.05) is 46.5 Å². The lowest BCUT2D eigenvalue weighted by Crippen LogP contribution is -2.27. The zero-order valence-corrected chi connectivity index (χ0v) is 15.1. The van der Waals surface area contributed by atoms with Crippen molar-refractivity contribution in [2.24, 2.45) is 0 Å². The van der Waals surface area contributed by atoms with Gasteiger partial charge in [0.05, 0.1) is 11.9 Å². The molecule has 1 N–H and O–H groups in total. The van der Waals surface area contributed by atoms with Crippen molar-refractivity contribution < 1.29 is 0 Å². The number of hydrogen-bond donors (Lipinski definition) is 1. The summed E-state index contributed by atoms with van der Waals surface area (Å²) in [6.07, 6.45) is 9.59. The van der Waals surface area contributed by atoms with E-state index in [9.17, 15) is 4.79 Å². The van der Waals surface area contributed by atoms with E-state index >= 15 is 0 Å². The molecule has 5 heteroatoms. The lowest BCUT2D eigenvalue weighted by Gasteiger charge is -2.20. The topological polar surface area (TPSA) is 46.9 Å². The van der Waals surface area contributed by atoms with Crippen LogP contribution < -0.4 is 10.9 Å². The van der Waals surface area contributed by atoms with Crippen molar-refractivity contribution in [3.05, 3.63) is 21.0 Å². The Balaban J connectivity index is 2.82. The zero-order valence-electron chi connectivity index (χ0n) is 13.5. The third kappa shape index (κ3) is 5.81. The number of halogens is 1. The SMILES string of the molecule is CCCCC(CCC)Nc1cnn(CCCC)c(=O)c1Br. The van der Waals surface area contributed by atoms with Crippen LogP contribution in [0, 0.1) is 0 Å². The van der Waals surface area contributed by atoms with Gasteiger partial charge >= 0.3 is 0 Å². The summed E-state index contributed by atoms with van der Waals surface area (Å²) >= 11 is 3.43. The summed E-state index contributed by atoms with van der Waals surface area (Å²) in [4.78, 5) is 12.3. The molecule has 0 aromatic carbocycles. The lowest BCUT2D eigenvalue weighted by molar-refractivity contribution is 0.537. The van der Waals surface area contributed by atoms with E-state index in [1.807, 2.05) is 0 Å². The molecule has 1 unspecified atom stereocenters. The Morgan fingerprint density at radius 3 is 2.52 bits per heavy atom. The smallest absolute Gasteiger partial charge is 0.283 e. The fourth-order valence-electron chi connectivity index (χ4n) is 2.34. The summed E-state index contributed by atoms with van der Waals surface area (Å²) in [5.74, 6) is 0. The number of anilines is 1. The molecule has 120 valence electrons. The predicted octanol–water partition coefficient (Wildman–Crippen LogP) is 4.58. The first-order valence-corrected chi connectivity index (χ1v) is 8.95. The summed E-state index contributed by atoms with van der Waals surface area (Å²) < 4.78 is 2.14. The van der Waals surface area contributed by atoms with E-state index in [0.717, 1.165) is 37.8 Å². The zero-order chi connectivity index (χ0) is 15.7. The molecule has 4 nitrogen and oxygen atoms in total. The van der Waals surface area contributed by atoms with Crippen LogP contribution in [0.2, 0.25) is 0 Å². The summed E-state index contributed by atoms with van der Waals surface area (Å²) in [6.45, 7) is 7.19. The monoisotopic (exact) mass is 357 g/mol. The van der Waals surface area contributed by atoms with E-state index in [2.05, 4.69) is 47.1 Å². The van der Waals surface area contributed by atoms with Gasteiger partial charge in [-0.2, -0.15) is 5.10 Å². The minimum atomic E-state index is -0.0424. The van der Waals surface area contributed by atoms with E-state index in [0.29, 0.717) is 17.1 Å². The van der Waals surface area contributed by atoms with Crippen molar-refractivity contribution in [2.75, 3.05) is 5.32 Å². The molecular weight excluding hydrogens is 330 g/mol. The van der Waals surface area contributed by atoms with Crippen LogP contribution in [-0.2, 0) is 6.54 Å². The highest BCUT2D eigenvalue weighted by Crippen LogP contribution is 2.20. The van der Waals surface area contributed by atoms with E-state index in [-0.39, 0.29) is 5.56 Å². The summed E-state index contributed by atoms with van der Waals surface area (Å²) in [5, 5.41) is 7.77. The fourth-order valence-corrected chi connectivity index (χ4v) is 2.76. The van der Waals surface area contributed by atoms with E-state index in [4.69, 9.17) is 0 Å². The Kier molecular flexibility index (Phi) is 8.66. The van der Waals surface area contributed by atoms with Gasteiger partial charge in [-0.3, -0.25) is 4.79 Å². The van der Waals surface area contributed by atoms with E-state index in [1.165, 1.54) is 12.8 Å². The first-order chi connectivity index (χ1) is 10.1. The molecule has 1 rings (SSSR count). The molecule has 0 spiro atoms. The minimum absolute atomic E-state index is 0.0424. The van der Waals surface area contributed by atoms with Crippen LogP contribution in [0.4, 0.5) is 5.69 Å². The molecular formula is C16H28BrN3O. The van der Waals surface area contributed by atoms with Crippen molar-refractivity contribution in [3.63, 3.8) is 0 Å². The number of aryl methyl sites for hydroxylation is 1. The maximum Gasteiger partial charge on any atom is 0.283 e. The Hall–Kier alpha value is -0.840. The Morgan fingerprint density at radius 2 is 1.90 bits per heavy atom. The van der Waals surface area contributed by atoms with Crippen LogP contribution in [-0.4, -0.2) is 15.8 Å². The minimum Gasteiger partial charge on any atom is -0.380 e. The second-order valence-electron chi connectivity index (χ2n) is 5.53. The maximum atomic E-state index is 12.3. The second-order valence-corrected chi connectivity index (χ2v) is 6.32. The molecule has 1 aromatic heterocycles. The first kappa shape index (κ1) is 18.2. The molecule has 0 radical (unpaired) electrons. The summed E-state index contributed by atoms with van der Waals surface area (Å²) in [6, 6.07) is 0.416. The van der Waals surface area contributed by atoms with E-state index in [1.54, 1.807) is 10.9 Å². The Labute approximate surface area is 136 Å². The predicted molar refractivity (Wildman–Crippen MR) is 92.9 cm³/mol. The molecule has 0 bridgehead atoms. The highest BCUT2D eigenvalue weighted by Gasteiger charge is 2.13. The number of hydrogen-bond acceptors (Lipinski definition) is 3. The van der Waals surface area contributed by atoms with Crippen LogP contribution in [0.1, 0.15) is 65.7 Å². The number of rotatable bonds is 10. The molecule has 21 heavy (non-hydrogen) atoms. The second kappa shape index (κ2) is 9.98. The maximum absolute atomic E-state index is 12.3. The van der Waals surface area contributed by atoms with Gasteiger partial charge in [0.15, 0.2) is 0 Å². The molecule has 0 aliphatic heterocycles. The average molecular weight is 358 g/mol. The third-order valence-corrected chi connectivity index (χ3v) is 4.38. The van der Waals surface area contributed by atoms with Gasteiger partial charge in [-0.05, 0) is 35.2 Å². The largest absolute Gasteiger partial charge is 0.380 e. The van der Waals surface area contributed by atoms with Gasteiger partial charge in [0.25, 0.3) is 5.56 Å². The molecule has 0 saturated carbocycles. The Bertz CT molecular complexity index is 473. The summed E-state index contributed by atoms with van der Waals surface area (Å²) in [5.41, 5.74) is 0.779. The normalized spacial score (nSPS) is 12.4. The van der Waals surface area contributed by atoms with Gasteiger partial charge in [-0.15, -0.1) is 0 Å². The van der Waals surface area contributed by atoms with Gasteiger partial charge < -0.3 is 5.32 Å². The van der Waals surface area contributed by atoms with Gasteiger partial charge in [0.2, 0.25) is 0 Å². The van der Waals surface area contributed by atoms with Crippen molar-refractivity contribution in [2.45, 2.75) is 78.3 Å². The highest BCUT2D eigenvalue weighted by atomic mass is 79.9. The quantitative estimate of drug-likeness (QED) is 0.666. The average Bonchev–Trinajstić information content (AvgIpc) is 2.49. The van der Waals surface area contributed by atoms with Crippen LogP contribution in [0.15, 0.2) is 15.5 Å². The molecule has 0 amide bonds. The number of unbranched alkanes of at least 4 members (excludes halogenated alkanes) is 2. The lowest BCUT2D eigenvalue weighted by atomic mass is 10.1. The van der Waals surface area contributed by atoms with Crippen molar-refractivity contribution in [1.82, 2.24) is 9.78 Å². The van der Waals surface area contributed by atoms with Crippen LogP contribution in [0.3, 0.4) is 0 Å². The molecule has 1 heterocycles. The Morgan fingerprint density at radius 1 is 1.19 bits per heavy atom. The molecule has 0 aliphatic rings. The van der Waals surface area contributed by atoms with Crippen molar-refractivity contribution in [1.29, 1.82) is 0 Å². The fraction of sp³-hybridized carbons (Fsp3) is 0.750.